The Morgan fingerprint density at radius 3 is 2.68 bits per heavy atom. The van der Waals surface area contributed by atoms with Gasteiger partial charge in [-0.1, -0.05) is 13.0 Å². The number of rotatable bonds is 6. The third-order valence-electron chi connectivity index (χ3n) is 3.38. The molecule has 2 atom stereocenters. The maximum Gasteiger partial charge on any atom is 0.0890 e. The van der Waals surface area contributed by atoms with Crippen LogP contribution in [0.2, 0.25) is 0 Å². The molecule has 0 radical (unpaired) electrons. The summed E-state index contributed by atoms with van der Waals surface area (Å²) < 4.78 is 5.12. The average Bonchev–Trinajstić information content (AvgIpc) is 2.45. The van der Waals surface area contributed by atoms with Crippen LogP contribution in [-0.2, 0) is 4.74 Å². The van der Waals surface area contributed by atoms with Crippen LogP contribution in [0, 0.1) is 5.92 Å². The van der Waals surface area contributed by atoms with Crippen LogP contribution in [0.1, 0.15) is 24.9 Å². The molecule has 102 valence electrons. The molecule has 2 rings (SSSR count). The molecule has 2 unspecified atom stereocenters. The van der Waals surface area contributed by atoms with Crippen molar-refractivity contribution in [1.29, 1.82) is 0 Å². The highest BCUT2D eigenvalue weighted by Gasteiger charge is 2.18. The summed E-state index contributed by atoms with van der Waals surface area (Å²) in [6, 6.07) is 6.15. The first kappa shape index (κ1) is 13.9. The third-order valence-corrected chi connectivity index (χ3v) is 3.38. The van der Waals surface area contributed by atoms with E-state index in [-0.39, 0.29) is 6.04 Å². The molecule has 1 heterocycles. The van der Waals surface area contributed by atoms with E-state index in [1.165, 1.54) is 0 Å². The van der Waals surface area contributed by atoms with Crippen LogP contribution >= 0.6 is 0 Å². The molecule has 0 amide bonds. The summed E-state index contributed by atoms with van der Waals surface area (Å²) in [5.74, 6) is 6.07. The number of nitrogens with one attached hydrogen (secondary N) is 1. The van der Waals surface area contributed by atoms with E-state index in [2.05, 4.69) is 22.3 Å². The van der Waals surface area contributed by atoms with Gasteiger partial charge in [-0.05, 0) is 30.0 Å². The van der Waals surface area contributed by atoms with Gasteiger partial charge in [0, 0.05) is 32.2 Å². The molecular weight excluding hydrogens is 240 g/mol. The first-order valence-corrected chi connectivity index (χ1v) is 6.42. The maximum absolute atomic E-state index is 5.69. The van der Waals surface area contributed by atoms with Crippen molar-refractivity contribution in [2.75, 3.05) is 13.7 Å². The Bertz CT molecular complexity index is 532. The summed E-state index contributed by atoms with van der Waals surface area (Å²) in [6.07, 6.45) is 4.34. The molecule has 1 aromatic carbocycles. The van der Waals surface area contributed by atoms with Gasteiger partial charge < -0.3 is 4.74 Å². The molecule has 0 aliphatic rings. The van der Waals surface area contributed by atoms with Crippen LogP contribution in [0.3, 0.4) is 0 Å². The second kappa shape index (κ2) is 6.56. The zero-order valence-corrected chi connectivity index (χ0v) is 11.3. The van der Waals surface area contributed by atoms with E-state index in [9.17, 15) is 0 Å². The molecule has 19 heavy (non-hydrogen) atoms. The number of ether oxygens (including phenoxy) is 1. The zero-order valence-electron chi connectivity index (χ0n) is 11.3. The molecule has 0 saturated heterocycles. The fourth-order valence-corrected chi connectivity index (χ4v) is 2.23. The number of nitrogens with two attached hydrogens (primary N) is 1. The molecule has 0 fully saturated rings. The molecule has 5 heteroatoms. The molecule has 1 aromatic heterocycles. The van der Waals surface area contributed by atoms with Gasteiger partial charge >= 0.3 is 0 Å². The number of nitrogens with zero attached hydrogens (tertiary/aromatic N) is 2. The molecule has 0 saturated carbocycles. The third kappa shape index (κ3) is 3.26. The quantitative estimate of drug-likeness (QED) is 0.612. The Morgan fingerprint density at radius 2 is 2.00 bits per heavy atom. The Balaban J connectivity index is 2.24. The Labute approximate surface area is 113 Å². The molecule has 0 bridgehead atoms. The lowest BCUT2D eigenvalue weighted by atomic mass is 9.92. The molecule has 0 aliphatic heterocycles. The largest absolute Gasteiger partial charge is 0.385 e. The van der Waals surface area contributed by atoms with Crippen molar-refractivity contribution in [2.24, 2.45) is 11.8 Å². The Kier molecular flexibility index (Phi) is 4.79. The predicted octanol–water partition coefficient (Wildman–Crippen LogP) is 1.81. The highest BCUT2D eigenvalue weighted by Crippen LogP contribution is 2.25. The van der Waals surface area contributed by atoms with Gasteiger partial charge in [-0.3, -0.25) is 21.2 Å². The minimum Gasteiger partial charge on any atom is -0.385 e. The number of fused-ring (bicyclic) bond motifs is 1. The SMILES string of the molecule is COCCC(C)C(NN)c1ccc2nccnc2c1. The maximum atomic E-state index is 5.69. The minimum atomic E-state index is 0.0848. The number of methoxy groups -OCH3 is 1. The molecular formula is C14H20N4O. The van der Waals surface area contributed by atoms with Gasteiger partial charge in [-0.25, -0.2) is 0 Å². The van der Waals surface area contributed by atoms with E-state index in [1.54, 1.807) is 19.5 Å². The van der Waals surface area contributed by atoms with Gasteiger partial charge in [0.15, 0.2) is 0 Å². The number of aromatic nitrogens is 2. The number of hydrogen-bond donors (Lipinski definition) is 2. The van der Waals surface area contributed by atoms with Crippen LogP contribution in [0.5, 0.6) is 0 Å². The summed E-state index contributed by atoms with van der Waals surface area (Å²) in [5, 5.41) is 0. The monoisotopic (exact) mass is 260 g/mol. The Hall–Kier alpha value is -1.56. The summed E-state index contributed by atoms with van der Waals surface area (Å²) in [7, 11) is 1.71. The van der Waals surface area contributed by atoms with Crippen molar-refractivity contribution in [2.45, 2.75) is 19.4 Å². The standard InChI is InChI=1S/C14H20N4O/c1-10(5-8-19-2)14(18-15)11-3-4-12-13(9-11)17-7-6-16-12/h3-4,6-7,9-10,14,18H,5,8,15H2,1-2H3. The highest BCUT2D eigenvalue weighted by molar-refractivity contribution is 5.74. The van der Waals surface area contributed by atoms with Crippen LogP contribution in [-0.4, -0.2) is 23.7 Å². The van der Waals surface area contributed by atoms with E-state index < -0.39 is 0 Å². The van der Waals surface area contributed by atoms with Gasteiger partial charge in [0.05, 0.1) is 11.0 Å². The van der Waals surface area contributed by atoms with Crippen LogP contribution in [0.25, 0.3) is 11.0 Å². The molecule has 2 aromatic rings. The smallest absolute Gasteiger partial charge is 0.0890 e. The van der Waals surface area contributed by atoms with Gasteiger partial charge in [-0.15, -0.1) is 0 Å². The van der Waals surface area contributed by atoms with Crippen molar-refractivity contribution in [1.82, 2.24) is 15.4 Å². The van der Waals surface area contributed by atoms with Crippen LogP contribution < -0.4 is 11.3 Å². The summed E-state index contributed by atoms with van der Waals surface area (Å²) >= 11 is 0. The zero-order chi connectivity index (χ0) is 13.7. The lowest BCUT2D eigenvalue weighted by Gasteiger charge is -2.23. The lowest BCUT2D eigenvalue weighted by Crippen LogP contribution is -2.33. The van der Waals surface area contributed by atoms with Gasteiger partial charge in [0.2, 0.25) is 0 Å². The predicted molar refractivity (Wildman–Crippen MR) is 75.3 cm³/mol. The number of benzene rings is 1. The van der Waals surface area contributed by atoms with E-state index in [0.29, 0.717) is 5.92 Å². The second-order valence-corrected chi connectivity index (χ2v) is 4.71. The first-order valence-electron chi connectivity index (χ1n) is 6.42. The van der Waals surface area contributed by atoms with Crippen LogP contribution in [0.15, 0.2) is 30.6 Å². The average molecular weight is 260 g/mol. The number of hydrazine groups is 1. The fraction of sp³-hybridized carbons (Fsp3) is 0.429. The van der Waals surface area contributed by atoms with Crippen molar-refractivity contribution in [3.05, 3.63) is 36.2 Å². The van der Waals surface area contributed by atoms with Crippen molar-refractivity contribution in [3.8, 4) is 0 Å². The van der Waals surface area contributed by atoms with Gasteiger partial charge in [0.1, 0.15) is 0 Å². The molecule has 5 nitrogen and oxygen atoms in total. The minimum absolute atomic E-state index is 0.0848. The van der Waals surface area contributed by atoms with Crippen molar-refractivity contribution in [3.63, 3.8) is 0 Å². The van der Waals surface area contributed by atoms with Gasteiger partial charge in [0.25, 0.3) is 0 Å². The van der Waals surface area contributed by atoms with Gasteiger partial charge in [-0.2, -0.15) is 0 Å². The lowest BCUT2D eigenvalue weighted by molar-refractivity contribution is 0.170. The van der Waals surface area contributed by atoms with Crippen molar-refractivity contribution < 1.29 is 4.74 Å². The highest BCUT2D eigenvalue weighted by atomic mass is 16.5. The number of hydrogen-bond acceptors (Lipinski definition) is 5. The van der Waals surface area contributed by atoms with E-state index in [1.807, 2.05) is 18.2 Å². The normalized spacial score (nSPS) is 14.5. The summed E-state index contributed by atoms with van der Waals surface area (Å²) in [5.41, 5.74) is 5.80. The molecule has 0 aliphatic carbocycles. The molecule has 3 N–H and O–H groups in total. The van der Waals surface area contributed by atoms with E-state index in [0.717, 1.165) is 29.6 Å². The summed E-state index contributed by atoms with van der Waals surface area (Å²) in [4.78, 5) is 8.59. The van der Waals surface area contributed by atoms with Crippen LogP contribution in [0.4, 0.5) is 0 Å². The second-order valence-electron chi connectivity index (χ2n) is 4.71. The summed E-state index contributed by atoms with van der Waals surface area (Å²) in [6.45, 7) is 2.89. The molecule has 0 spiro atoms. The topological polar surface area (TPSA) is 73.1 Å². The Morgan fingerprint density at radius 1 is 1.26 bits per heavy atom. The van der Waals surface area contributed by atoms with E-state index in [4.69, 9.17) is 10.6 Å². The first-order chi connectivity index (χ1) is 9.26. The van der Waals surface area contributed by atoms with Crippen molar-refractivity contribution >= 4 is 11.0 Å². The van der Waals surface area contributed by atoms with E-state index >= 15 is 0 Å². The fourth-order valence-electron chi connectivity index (χ4n) is 2.23.